The van der Waals surface area contributed by atoms with Gasteiger partial charge in [0, 0.05) is 19.1 Å². The van der Waals surface area contributed by atoms with Gasteiger partial charge in [0.05, 0.1) is 0 Å². The molecule has 1 aliphatic heterocycles. The van der Waals surface area contributed by atoms with Gasteiger partial charge in [-0.1, -0.05) is 6.92 Å². The molecule has 0 aromatic carbocycles. The first kappa shape index (κ1) is 17.3. The number of rotatable bonds is 5. The van der Waals surface area contributed by atoms with Gasteiger partial charge in [-0.05, 0) is 65.8 Å². The summed E-state index contributed by atoms with van der Waals surface area (Å²) >= 11 is 0. The molecule has 4 heteroatoms. The van der Waals surface area contributed by atoms with Crippen molar-refractivity contribution >= 4 is 6.09 Å². The average molecular weight is 284 g/mol. The number of nitrogens with one attached hydrogen (secondary N) is 1. The largest absolute Gasteiger partial charge is 0.444 e. The van der Waals surface area contributed by atoms with E-state index < -0.39 is 5.60 Å². The van der Waals surface area contributed by atoms with Crippen LogP contribution in [0.15, 0.2) is 0 Å². The Labute approximate surface area is 124 Å². The second-order valence-corrected chi connectivity index (χ2v) is 6.99. The molecule has 1 fully saturated rings. The van der Waals surface area contributed by atoms with Gasteiger partial charge in [0.25, 0.3) is 0 Å². The van der Waals surface area contributed by atoms with Gasteiger partial charge in [0.2, 0.25) is 0 Å². The summed E-state index contributed by atoms with van der Waals surface area (Å²) in [6, 6.07) is 0.584. The van der Waals surface area contributed by atoms with Crippen molar-refractivity contribution in [1.29, 1.82) is 0 Å². The fourth-order valence-electron chi connectivity index (χ4n) is 2.47. The Morgan fingerprint density at radius 3 is 2.75 bits per heavy atom. The molecule has 1 amide bonds. The third-order valence-electron chi connectivity index (χ3n) is 3.83. The van der Waals surface area contributed by atoms with E-state index >= 15 is 0 Å². The highest BCUT2D eigenvalue weighted by molar-refractivity contribution is 5.68. The molecule has 0 spiro atoms. The highest BCUT2D eigenvalue weighted by atomic mass is 16.6. The van der Waals surface area contributed by atoms with E-state index in [4.69, 9.17) is 4.74 Å². The molecule has 1 aliphatic rings. The van der Waals surface area contributed by atoms with E-state index in [1.54, 1.807) is 0 Å². The van der Waals surface area contributed by atoms with Crippen LogP contribution in [0.1, 0.15) is 60.3 Å². The minimum absolute atomic E-state index is 0.155. The summed E-state index contributed by atoms with van der Waals surface area (Å²) in [5.74, 6) is 0.604. The molecule has 0 aromatic heterocycles. The molecule has 1 rings (SSSR count). The molecule has 1 saturated heterocycles. The minimum Gasteiger partial charge on any atom is -0.444 e. The van der Waals surface area contributed by atoms with E-state index in [1.165, 1.54) is 6.42 Å². The van der Waals surface area contributed by atoms with Crippen LogP contribution in [0, 0.1) is 5.92 Å². The maximum absolute atomic E-state index is 12.1. The van der Waals surface area contributed by atoms with Crippen molar-refractivity contribution in [2.75, 3.05) is 19.6 Å². The molecular formula is C16H32N2O2. The van der Waals surface area contributed by atoms with E-state index in [1.807, 2.05) is 25.7 Å². The van der Waals surface area contributed by atoms with Crippen LogP contribution in [-0.2, 0) is 4.74 Å². The molecule has 4 nitrogen and oxygen atoms in total. The van der Waals surface area contributed by atoms with E-state index in [0.29, 0.717) is 12.0 Å². The molecule has 20 heavy (non-hydrogen) atoms. The summed E-state index contributed by atoms with van der Waals surface area (Å²) in [6.45, 7) is 12.9. The number of hydrogen-bond acceptors (Lipinski definition) is 3. The number of carbonyl (C=O) groups excluding carboxylic acids is 1. The third kappa shape index (κ3) is 6.60. The quantitative estimate of drug-likeness (QED) is 0.841. The standard InChI is InChI=1S/C16H32N2O2/c1-6-13(2)17-10-9-14-8-7-11-18(12-14)15(19)20-16(3,4)5/h13-14,17H,6-12H2,1-5H3. The molecule has 0 saturated carbocycles. The van der Waals surface area contributed by atoms with Gasteiger partial charge >= 0.3 is 6.09 Å². The molecule has 2 atom stereocenters. The zero-order chi connectivity index (χ0) is 15.2. The number of hydrogen-bond donors (Lipinski definition) is 1. The van der Waals surface area contributed by atoms with Crippen LogP contribution in [0.2, 0.25) is 0 Å². The number of ether oxygens (including phenoxy) is 1. The first-order valence-corrected chi connectivity index (χ1v) is 8.03. The van der Waals surface area contributed by atoms with Gasteiger partial charge in [-0.3, -0.25) is 0 Å². The minimum atomic E-state index is -0.401. The van der Waals surface area contributed by atoms with E-state index in [0.717, 1.165) is 38.9 Å². The van der Waals surface area contributed by atoms with Crippen molar-refractivity contribution in [2.24, 2.45) is 5.92 Å². The summed E-state index contributed by atoms with van der Waals surface area (Å²) in [6.07, 6.45) is 4.46. The highest BCUT2D eigenvalue weighted by Crippen LogP contribution is 2.21. The van der Waals surface area contributed by atoms with Crippen LogP contribution in [0.5, 0.6) is 0 Å². The smallest absolute Gasteiger partial charge is 0.410 e. The van der Waals surface area contributed by atoms with Crippen molar-refractivity contribution in [3.05, 3.63) is 0 Å². The lowest BCUT2D eigenvalue weighted by atomic mass is 9.95. The van der Waals surface area contributed by atoms with E-state index in [2.05, 4.69) is 19.2 Å². The van der Waals surface area contributed by atoms with Gasteiger partial charge in [-0.2, -0.15) is 0 Å². The summed E-state index contributed by atoms with van der Waals surface area (Å²) in [5.41, 5.74) is -0.401. The molecule has 2 unspecified atom stereocenters. The fourth-order valence-corrected chi connectivity index (χ4v) is 2.47. The van der Waals surface area contributed by atoms with Crippen molar-refractivity contribution < 1.29 is 9.53 Å². The van der Waals surface area contributed by atoms with Crippen molar-refractivity contribution in [3.63, 3.8) is 0 Å². The number of nitrogens with zero attached hydrogens (tertiary/aromatic N) is 1. The maximum atomic E-state index is 12.1. The van der Waals surface area contributed by atoms with Gasteiger partial charge < -0.3 is 15.0 Å². The first-order valence-electron chi connectivity index (χ1n) is 8.03. The number of carbonyl (C=O) groups is 1. The third-order valence-corrected chi connectivity index (χ3v) is 3.83. The topological polar surface area (TPSA) is 41.6 Å². The summed E-state index contributed by atoms with van der Waals surface area (Å²) in [7, 11) is 0. The SMILES string of the molecule is CCC(C)NCCC1CCCN(C(=O)OC(C)(C)C)C1. The average Bonchev–Trinajstić information content (AvgIpc) is 2.37. The molecule has 0 aromatic rings. The lowest BCUT2D eigenvalue weighted by Gasteiger charge is -2.34. The Hall–Kier alpha value is -0.770. The Balaban J connectivity index is 2.33. The number of amides is 1. The molecule has 1 N–H and O–H groups in total. The van der Waals surface area contributed by atoms with Gasteiger partial charge in [-0.25, -0.2) is 4.79 Å². The van der Waals surface area contributed by atoms with Crippen LogP contribution in [0.3, 0.4) is 0 Å². The number of piperidine rings is 1. The molecule has 118 valence electrons. The zero-order valence-corrected chi connectivity index (χ0v) is 13.9. The molecular weight excluding hydrogens is 252 g/mol. The highest BCUT2D eigenvalue weighted by Gasteiger charge is 2.27. The Morgan fingerprint density at radius 2 is 2.15 bits per heavy atom. The molecule has 0 bridgehead atoms. The second kappa shape index (κ2) is 7.87. The van der Waals surface area contributed by atoms with Crippen molar-refractivity contribution in [2.45, 2.75) is 71.9 Å². The van der Waals surface area contributed by atoms with E-state index in [9.17, 15) is 4.79 Å². The second-order valence-electron chi connectivity index (χ2n) is 6.99. The van der Waals surface area contributed by atoms with Gasteiger partial charge in [0.15, 0.2) is 0 Å². The normalized spacial score (nSPS) is 21.6. The summed E-state index contributed by atoms with van der Waals surface area (Å²) in [4.78, 5) is 14.0. The predicted octanol–water partition coefficient (Wildman–Crippen LogP) is 3.41. The van der Waals surface area contributed by atoms with Crippen LogP contribution in [0.25, 0.3) is 0 Å². The van der Waals surface area contributed by atoms with Crippen molar-refractivity contribution in [1.82, 2.24) is 10.2 Å². The van der Waals surface area contributed by atoms with Crippen LogP contribution >= 0.6 is 0 Å². The van der Waals surface area contributed by atoms with Gasteiger partial charge in [-0.15, -0.1) is 0 Å². The van der Waals surface area contributed by atoms with Crippen LogP contribution in [-0.4, -0.2) is 42.3 Å². The van der Waals surface area contributed by atoms with Crippen LogP contribution < -0.4 is 5.32 Å². The lowest BCUT2D eigenvalue weighted by molar-refractivity contribution is 0.0161. The zero-order valence-electron chi connectivity index (χ0n) is 13.9. The predicted molar refractivity (Wildman–Crippen MR) is 82.9 cm³/mol. The molecule has 0 radical (unpaired) electrons. The Kier molecular flexibility index (Phi) is 6.80. The Morgan fingerprint density at radius 1 is 1.45 bits per heavy atom. The molecule has 1 heterocycles. The molecule has 0 aliphatic carbocycles. The monoisotopic (exact) mass is 284 g/mol. The summed E-state index contributed by atoms with van der Waals surface area (Å²) in [5, 5.41) is 3.53. The fraction of sp³-hybridized carbons (Fsp3) is 0.938. The summed E-state index contributed by atoms with van der Waals surface area (Å²) < 4.78 is 5.46. The van der Waals surface area contributed by atoms with Crippen LogP contribution in [0.4, 0.5) is 4.79 Å². The van der Waals surface area contributed by atoms with Gasteiger partial charge in [0.1, 0.15) is 5.60 Å². The first-order chi connectivity index (χ1) is 9.31. The van der Waals surface area contributed by atoms with E-state index in [-0.39, 0.29) is 6.09 Å². The maximum Gasteiger partial charge on any atom is 0.410 e. The van der Waals surface area contributed by atoms with Crippen molar-refractivity contribution in [3.8, 4) is 0 Å². The lowest BCUT2D eigenvalue weighted by Crippen LogP contribution is -2.43. The Bertz CT molecular complexity index is 299. The number of likely N-dealkylation sites (tertiary alicyclic amines) is 1.